The van der Waals surface area contributed by atoms with Crippen molar-refractivity contribution in [2.45, 2.75) is 31.8 Å². The lowest BCUT2D eigenvalue weighted by Crippen LogP contribution is -2.33. The SMILES string of the molecule is OCCn1nccc1C1CCN(Cc2cc(F)cc3cccnc23)CC1. The Hall–Kier alpha value is -2.31. The van der Waals surface area contributed by atoms with E-state index in [0.717, 1.165) is 42.4 Å². The van der Waals surface area contributed by atoms with E-state index in [2.05, 4.69) is 21.0 Å². The zero-order chi connectivity index (χ0) is 17.9. The van der Waals surface area contributed by atoms with Gasteiger partial charge in [-0.2, -0.15) is 5.10 Å². The van der Waals surface area contributed by atoms with Gasteiger partial charge in [0, 0.05) is 35.9 Å². The predicted molar refractivity (Wildman–Crippen MR) is 98.3 cm³/mol. The Kier molecular flexibility index (Phi) is 4.95. The highest BCUT2D eigenvalue weighted by Gasteiger charge is 2.23. The molecule has 1 aromatic carbocycles. The summed E-state index contributed by atoms with van der Waals surface area (Å²) in [4.78, 5) is 6.81. The van der Waals surface area contributed by atoms with Crippen LogP contribution in [0.4, 0.5) is 4.39 Å². The van der Waals surface area contributed by atoms with E-state index >= 15 is 0 Å². The summed E-state index contributed by atoms with van der Waals surface area (Å²) in [5.41, 5.74) is 3.04. The van der Waals surface area contributed by atoms with Crippen LogP contribution in [0.2, 0.25) is 0 Å². The second kappa shape index (κ2) is 7.51. The molecule has 0 bridgehead atoms. The summed E-state index contributed by atoms with van der Waals surface area (Å²) >= 11 is 0. The van der Waals surface area contributed by atoms with Crippen molar-refractivity contribution in [3.63, 3.8) is 0 Å². The van der Waals surface area contributed by atoms with E-state index < -0.39 is 0 Å². The molecule has 1 fully saturated rings. The average molecular weight is 354 g/mol. The quantitative estimate of drug-likeness (QED) is 0.765. The highest BCUT2D eigenvalue weighted by Crippen LogP contribution is 2.29. The van der Waals surface area contributed by atoms with Crippen molar-refractivity contribution in [2.75, 3.05) is 19.7 Å². The second-order valence-electron chi connectivity index (χ2n) is 6.89. The monoisotopic (exact) mass is 354 g/mol. The smallest absolute Gasteiger partial charge is 0.124 e. The predicted octanol–water partition coefficient (Wildman–Crippen LogP) is 2.94. The number of nitrogens with zero attached hydrogens (tertiary/aromatic N) is 4. The van der Waals surface area contributed by atoms with Crippen molar-refractivity contribution in [3.8, 4) is 0 Å². The minimum atomic E-state index is -0.205. The Bertz CT molecular complexity index is 886. The molecule has 1 aliphatic heterocycles. The first-order chi connectivity index (χ1) is 12.7. The van der Waals surface area contributed by atoms with Gasteiger partial charge in [-0.05, 0) is 55.8 Å². The van der Waals surface area contributed by atoms with Crippen LogP contribution in [-0.4, -0.2) is 44.5 Å². The van der Waals surface area contributed by atoms with E-state index in [1.54, 1.807) is 18.3 Å². The van der Waals surface area contributed by atoms with E-state index in [-0.39, 0.29) is 12.4 Å². The molecule has 0 unspecified atom stereocenters. The topological polar surface area (TPSA) is 54.2 Å². The molecular weight excluding hydrogens is 331 g/mol. The number of likely N-dealkylation sites (tertiary alicyclic amines) is 1. The lowest BCUT2D eigenvalue weighted by atomic mass is 9.93. The highest BCUT2D eigenvalue weighted by molar-refractivity contribution is 5.81. The van der Waals surface area contributed by atoms with Gasteiger partial charge in [0.1, 0.15) is 5.82 Å². The molecule has 4 rings (SSSR count). The standard InChI is InChI=1S/C20H23FN4O/c21-18-12-16-2-1-6-22-20(16)17(13-18)14-24-8-4-15(5-9-24)19-3-7-23-25(19)10-11-26/h1-3,6-7,12-13,15,26H,4-5,8-11,14H2. The zero-order valence-corrected chi connectivity index (χ0v) is 14.7. The third-order valence-electron chi connectivity index (χ3n) is 5.21. The molecule has 0 atom stereocenters. The molecule has 1 N–H and O–H groups in total. The number of aromatic nitrogens is 3. The van der Waals surface area contributed by atoms with Crippen LogP contribution in [0.15, 0.2) is 42.7 Å². The number of hydrogen-bond acceptors (Lipinski definition) is 4. The zero-order valence-electron chi connectivity index (χ0n) is 14.7. The van der Waals surface area contributed by atoms with Gasteiger partial charge in [0.15, 0.2) is 0 Å². The third kappa shape index (κ3) is 3.48. The molecule has 0 aliphatic carbocycles. The first-order valence-electron chi connectivity index (χ1n) is 9.12. The molecule has 0 radical (unpaired) electrons. The van der Waals surface area contributed by atoms with E-state index in [4.69, 9.17) is 0 Å². The van der Waals surface area contributed by atoms with Crippen molar-refractivity contribution in [2.24, 2.45) is 0 Å². The minimum Gasteiger partial charge on any atom is -0.394 e. The molecule has 5 nitrogen and oxygen atoms in total. The van der Waals surface area contributed by atoms with Gasteiger partial charge in [0.25, 0.3) is 0 Å². The number of halogens is 1. The van der Waals surface area contributed by atoms with Gasteiger partial charge in [0.2, 0.25) is 0 Å². The molecule has 1 aliphatic rings. The van der Waals surface area contributed by atoms with Crippen molar-refractivity contribution < 1.29 is 9.50 Å². The number of fused-ring (bicyclic) bond motifs is 1. The van der Waals surface area contributed by atoms with Crippen LogP contribution in [0.3, 0.4) is 0 Å². The molecule has 6 heteroatoms. The third-order valence-corrected chi connectivity index (χ3v) is 5.21. The maximum absolute atomic E-state index is 13.9. The van der Waals surface area contributed by atoms with Crippen LogP contribution >= 0.6 is 0 Å². The van der Waals surface area contributed by atoms with Crippen LogP contribution < -0.4 is 0 Å². The fraction of sp³-hybridized carbons (Fsp3) is 0.400. The van der Waals surface area contributed by atoms with Crippen LogP contribution in [0, 0.1) is 5.82 Å². The minimum absolute atomic E-state index is 0.104. The summed E-state index contributed by atoms with van der Waals surface area (Å²) in [6, 6.07) is 8.95. The van der Waals surface area contributed by atoms with Gasteiger partial charge >= 0.3 is 0 Å². The van der Waals surface area contributed by atoms with Crippen LogP contribution in [0.25, 0.3) is 10.9 Å². The van der Waals surface area contributed by atoms with E-state index in [1.165, 1.54) is 5.69 Å². The lowest BCUT2D eigenvalue weighted by molar-refractivity contribution is 0.199. The number of piperidine rings is 1. The first-order valence-corrected chi connectivity index (χ1v) is 9.12. The van der Waals surface area contributed by atoms with Crippen LogP contribution in [0.1, 0.15) is 30.0 Å². The van der Waals surface area contributed by atoms with Gasteiger partial charge in [-0.25, -0.2) is 4.39 Å². The molecule has 0 spiro atoms. The van der Waals surface area contributed by atoms with E-state index in [9.17, 15) is 9.50 Å². The maximum Gasteiger partial charge on any atom is 0.124 e. The Labute approximate surface area is 152 Å². The fourth-order valence-electron chi connectivity index (χ4n) is 3.95. The van der Waals surface area contributed by atoms with E-state index in [0.29, 0.717) is 19.0 Å². The summed E-state index contributed by atoms with van der Waals surface area (Å²) in [5, 5.41) is 14.3. The average Bonchev–Trinajstić information content (AvgIpc) is 3.11. The largest absolute Gasteiger partial charge is 0.394 e. The van der Waals surface area contributed by atoms with Crippen molar-refractivity contribution in [3.05, 3.63) is 59.8 Å². The fourth-order valence-corrected chi connectivity index (χ4v) is 3.95. The van der Waals surface area contributed by atoms with Crippen molar-refractivity contribution in [1.29, 1.82) is 0 Å². The molecule has 0 saturated carbocycles. The number of rotatable bonds is 5. The van der Waals surface area contributed by atoms with Crippen molar-refractivity contribution >= 4 is 10.9 Å². The Morgan fingerprint density at radius 1 is 1.15 bits per heavy atom. The number of aliphatic hydroxyl groups is 1. The van der Waals surface area contributed by atoms with Crippen LogP contribution in [-0.2, 0) is 13.1 Å². The molecule has 2 aromatic heterocycles. The summed E-state index contributed by atoms with van der Waals surface area (Å²) in [6.45, 7) is 3.28. The van der Waals surface area contributed by atoms with E-state index in [1.807, 2.05) is 23.0 Å². The second-order valence-corrected chi connectivity index (χ2v) is 6.89. The normalized spacial score (nSPS) is 16.4. The maximum atomic E-state index is 13.9. The Balaban J connectivity index is 1.45. The van der Waals surface area contributed by atoms with Gasteiger partial charge in [-0.1, -0.05) is 6.07 Å². The number of benzene rings is 1. The number of aliphatic hydroxyl groups excluding tert-OH is 1. The summed E-state index contributed by atoms with van der Waals surface area (Å²) in [5.74, 6) is 0.256. The van der Waals surface area contributed by atoms with Crippen LogP contribution in [0.5, 0.6) is 0 Å². The Morgan fingerprint density at radius 3 is 2.81 bits per heavy atom. The van der Waals surface area contributed by atoms with Crippen molar-refractivity contribution in [1.82, 2.24) is 19.7 Å². The van der Waals surface area contributed by atoms with Gasteiger partial charge < -0.3 is 5.11 Å². The Morgan fingerprint density at radius 2 is 2.00 bits per heavy atom. The molecule has 26 heavy (non-hydrogen) atoms. The first kappa shape index (κ1) is 17.1. The molecule has 3 aromatic rings. The number of pyridine rings is 1. The van der Waals surface area contributed by atoms with Gasteiger partial charge in [0.05, 0.1) is 18.7 Å². The molecule has 0 amide bonds. The highest BCUT2D eigenvalue weighted by atomic mass is 19.1. The molecular formula is C20H23FN4O. The summed E-state index contributed by atoms with van der Waals surface area (Å²) in [6.07, 6.45) is 5.65. The molecule has 3 heterocycles. The van der Waals surface area contributed by atoms with Gasteiger partial charge in [-0.15, -0.1) is 0 Å². The summed E-state index contributed by atoms with van der Waals surface area (Å²) < 4.78 is 15.8. The molecule has 136 valence electrons. The summed E-state index contributed by atoms with van der Waals surface area (Å²) in [7, 11) is 0. The molecule has 1 saturated heterocycles. The van der Waals surface area contributed by atoms with Gasteiger partial charge in [-0.3, -0.25) is 14.6 Å². The number of hydrogen-bond donors (Lipinski definition) is 1. The lowest BCUT2D eigenvalue weighted by Gasteiger charge is -2.32.